The van der Waals surface area contributed by atoms with Crippen molar-refractivity contribution in [3.8, 4) is 0 Å². The molecule has 106 valence electrons. The molecule has 0 saturated heterocycles. The highest BCUT2D eigenvalue weighted by atomic mass is 16.6. The van der Waals surface area contributed by atoms with Gasteiger partial charge in [-0.2, -0.15) is 0 Å². The molecule has 7 nitrogen and oxygen atoms in total. The van der Waals surface area contributed by atoms with E-state index in [-0.39, 0.29) is 18.9 Å². The molecule has 0 aliphatic rings. The Labute approximate surface area is 111 Å². The number of aliphatic hydroxyl groups is 2. The maximum Gasteiger partial charge on any atom is 0.292 e. The maximum absolute atomic E-state index is 10.9. The summed E-state index contributed by atoms with van der Waals surface area (Å²) in [7, 11) is 1.63. The van der Waals surface area contributed by atoms with Crippen LogP contribution < -0.4 is 5.32 Å². The molecule has 0 heterocycles. The number of nitro groups is 1. The lowest BCUT2D eigenvalue weighted by Crippen LogP contribution is -2.29. The second kappa shape index (κ2) is 7.67. The van der Waals surface area contributed by atoms with Crippen LogP contribution in [0.4, 0.5) is 11.4 Å². The van der Waals surface area contributed by atoms with E-state index in [4.69, 9.17) is 10.2 Å². The highest BCUT2D eigenvalue weighted by molar-refractivity contribution is 5.66. The van der Waals surface area contributed by atoms with Crippen molar-refractivity contribution in [1.82, 2.24) is 4.90 Å². The van der Waals surface area contributed by atoms with Crippen LogP contribution in [-0.2, 0) is 6.54 Å². The Hall–Kier alpha value is -1.70. The third-order valence-electron chi connectivity index (χ3n) is 2.80. The maximum atomic E-state index is 10.9. The molecule has 0 aliphatic heterocycles. The zero-order valence-electron chi connectivity index (χ0n) is 10.9. The number of hydrogen-bond donors (Lipinski definition) is 3. The van der Waals surface area contributed by atoms with Crippen molar-refractivity contribution in [2.24, 2.45) is 0 Å². The molecule has 0 fully saturated rings. The number of nitro benzene ring substituents is 1. The van der Waals surface area contributed by atoms with E-state index in [1.165, 1.54) is 6.07 Å². The zero-order chi connectivity index (χ0) is 14.3. The van der Waals surface area contributed by atoms with Gasteiger partial charge in [0, 0.05) is 32.7 Å². The Morgan fingerprint density at radius 2 is 1.95 bits per heavy atom. The summed E-state index contributed by atoms with van der Waals surface area (Å²) in [6.45, 7) is 1.20. The molecule has 1 rings (SSSR count). The lowest BCUT2D eigenvalue weighted by Gasteiger charge is -2.21. The first kappa shape index (κ1) is 15.4. The highest BCUT2D eigenvalue weighted by Gasteiger charge is 2.17. The molecule has 0 spiro atoms. The van der Waals surface area contributed by atoms with Crippen molar-refractivity contribution in [2.45, 2.75) is 6.54 Å². The Bertz CT molecular complexity index is 419. The van der Waals surface area contributed by atoms with Crippen LogP contribution in [0.2, 0.25) is 0 Å². The summed E-state index contributed by atoms with van der Waals surface area (Å²) in [5, 5.41) is 31.7. The van der Waals surface area contributed by atoms with Crippen LogP contribution in [0.25, 0.3) is 0 Å². The molecule has 1 aromatic rings. The van der Waals surface area contributed by atoms with Gasteiger partial charge in [0.25, 0.3) is 5.69 Å². The number of nitrogens with zero attached hydrogens (tertiary/aromatic N) is 2. The fraction of sp³-hybridized carbons (Fsp3) is 0.500. The SMILES string of the molecule is CNc1c(CN(CCO)CCO)cccc1[N+](=O)[O-]. The summed E-state index contributed by atoms with van der Waals surface area (Å²) in [6.07, 6.45) is 0. The summed E-state index contributed by atoms with van der Waals surface area (Å²) in [4.78, 5) is 12.3. The minimum absolute atomic E-state index is 0.0212. The van der Waals surface area contributed by atoms with Crippen LogP contribution in [0, 0.1) is 10.1 Å². The number of anilines is 1. The predicted octanol–water partition coefficient (Wildman–Crippen LogP) is 0.423. The largest absolute Gasteiger partial charge is 0.395 e. The summed E-state index contributed by atoms with van der Waals surface area (Å²) in [5.41, 5.74) is 1.25. The zero-order valence-corrected chi connectivity index (χ0v) is 10.9. The van der Waals surface area contributed by atoms with E-state index in [9.17, 15) is 10.1 Å². The molecule has 0 aromatic heterocycles. The predicted molar refractivity (Wildman–Crippen MR) is 72.1 cm³/mol. The van der Waals surface area contributed by atoms with E-state index >= 15 is 0 Å². The van der Waals surface area contributed by atoms with E-state index in [1.54, 1.807) is 19.2 Å². The molecule has 0 bridgehead atoms. The first-order chi connectivity index (χ1) is 9.13. The second-order valence-corrected chi connectivity index (χ2v) is 4.04. The van der Waals surface area contributed by atoms with Gasteiger partial charge in [-0.3, -0.25) is 15.0 Å². The number of aliphatic hydroxyl groups excluding tert-OH is 2. The quantitative estimate of drug-likeness (QED) is 0.467. The number of benzene rings is 1. The van der Waals surface area contributed by atoms with Crippen molar-refractivity contribution in [2.75, 3.05) is 38.7 Å². The molecule has 3 N–H and O–H groups in total. The Morgan fingerprint density at radius 3 is 2.42 bits per heavy atom. The van der Waals surface area contributed by atoms with Crippen LogP contribution in [0.1, 0.15) is 5.56 Å². The third kappa shape index (κ3) is 4.16. The van der Waals surface area contributed by atoms with Gasteiger partial charge in [0.15, 0.2) is 0 Å². The van der Waals surface area contributed by atoms with Crippen molar-refractivity contribution < 1.29 is 15.1 Å². The van der Waals surface area contributed by atoms with Gasteiger partial charge in [0.2, 0.25) is 0 Å². The smallest absolute Gasteiger partial charge is 0.292 e. The molecule has 0 amide bonds. The number of para-hydroxylation sites is 1. The molecule has 7 heteroatoms. The minimum Gasteiger partial charge on any atom is -0.395 e. The topological polar surface area (TPSA) is 98.9 Å². The van der Waals surface area contributed by atoms with Gasteiger partial charge in [0.05, 0.1) is 18.1 Å². The van der Waals surface area contributed by atoms with Crippen molar-refractivity contribution in [3.63, 3.8) is 0 Å². The normalized spacial score (nSPS) is 10.7. The van der Waals surface area contributed by atoms with Gasteiger partial charge < -0.3 is 15.5 Å². The molecule has 19 heavy (non-hydrogen) atoms. The number of rotatable bonds is 8. The number of hydrogen-bond acceptors (Lipinski definition) is 6. The molecule has 0 aliphatic carbocycles. The van der Waals surface area contributed by atoms with Crippen LogP contribution >= 0.6 is 0 Å². The van der Waals surface area contributed by atoms with Crippen LogP contribution in [0.5, 0.6) is 0 Å². The average molecular weight is 269 g/mol. The molecule has 0 unspecified atom stereocenters. The lowest BCUT2D eigenvalue weighted by molar-refractivity contribution is -0.384. The summed E-state index contributed by atoms with van der Waals surface area (Å²) in [6, 6.07) is 4.86. The molecular formula is C12H19N3O4. The van der Waals surface area contributed by atoms with E-state index in [0.717, 1.165) is 5.56 Å². The Morgan fingerprint density at radius 1 is 1.32 bits per heavy atom. The lowest BCUT2D eigenvalue weighted by atomic mass is 10.1. The van der Waals surface area contributed by atoms with Crippen molar-refractivity contribution >= 4 is 11.4 Å². The number of nitrogens with one attached hydrogen (secondary N) is 1. The molecular weight excluding hydrogens is 250 g/mol. The Balaban J connectivity index is 2.98. The van der Waals surface area contributed by atoms with Gasteiger partial charge in [-0.05, 0) is 5.56 Å². The fourth-order valence-electron chi connectivity index (χ4n) is 1.95. The van der Waals surface area contributed by atoms with Crippen LogP contribution in [0.3, 0.4) is 0 Å². The van der Waals surface area contributed by atoms with E-state index in [0.29, 0.717) is 25.3 Å². The second-order valence-electron chi connectivity index (χ2n) is 4.04. The highest BCUT2D eigenvalue weighted by Crippen LogP contribution is 2.28. The minimum atomic E-state index is -0.433. The van der Waals surface area contributed by atoms with Gasteiger partial charge in [-0.15, -0.1) is 0 Å². The molecule has 0 radical (unpaired) electrons. The summed E-state index contributed by atoms with van der Waals surface area (Å²) in [5.74, 6) is 0. The van der Waals surface area contributed by atoms with E-state index in [2.05, 4.69) is 5.32 Å². The standard InChI is InChI=1S/C12H19N3O4/c1-13-12-10(3-2-4-11(12)15(18)19)9-14(5-7-16)6-8-17/h2-4,13,16-17H,5-9H2,1H3. The van der Waals surface area contributed by atoms with Crippen molar-refractivity contribution in [3.05, 3.63) is 33.9 Å². The van der Waals surface area contributed by atoms with E-state index < -0.39 is 4.92 Å². The third-order valence-corrected chi connectivity index (χ3v) is 2.80. The van der Waals surface area contributed by atoms with Gasteiger partial charge in [0.1, 0.15) is 5.69 Å². The average Bonchev–Trinajstić information content (AvgIpc) is 2.39. The summed E-state index contributed by atoms with van der Waals surface area (Å²) < 4.78 is 0. The van der Waals surface area contributed by atoms with Gasteiger partial charge in [-0.25, -0.2) is 0 Å². The molecule has 1 aromatic carbocycles. The molecule has 0 atom stereocenters. The van der Waals surface area contributed by atoms with E-state index in [1.807, 2.05) is 4.90 Å². The van der Waals surface area contributed by atoms with Crippen molar-refractivity contribution in [1.29, 1.82) is 0 Å². The first-order valence-electron chi connectivity index (χ1n) is 6.02. The van der Waals surface area contributed by atoms with Crippen LogP contribution in [0.15, 0.2) is 18.2 Å². The monoisotopic (exact) mass is 269 g/mol. The molecule has 0 saturated carbocycles. The Kier molecular flexibility index (Phi) is 6.20. The van der Waals surface area contributed by atoms with Crippen LogP contribution in [-0.4, -0.2) is 53.4 Å². The van der Waals surface area contributed by atoms with Gasteiger partial charge >= 0.3 is 0 Å². The fourth-order valence-corrected chi connectivity index (χ4v) is 1.95. The van der Waals surface area contributed by atoms with Gasteiger partial charge in [-0.1, -0.05) is 12.1 Å². The first-order valence-corrected chi connectivity index (χ1v) is 6.02. The summed E-state index contributed by atoms with van der Waals surface area (Å²) >= 11 is 0.